The first-order valence-corrected chi connectivity index (χ1v) is 7.65. The average Bonchev–Trinajstić information content (AvgIpc) is 2.92. The minimum absolute atomic E-state index is 0. The summed E-state index contributed by atoms with van der Waals surface area (Å²) in [5.74, 6) is -0.207. The molecule has 7 heteroatoms. The third kappa shape index (κ3) is 3.89. The molecule has 0 atom stereocenters. The number of halogens is 1. The fourth-order valence-corrected chi connectivity index (χ4v) is 2.78. The molecule has 0 unspecified atom stereocenters. The van der Waals surface area contributed by atoms with Crippen molar-refractivity contribution >= 4 is 24.0 Å². The quantitative estimate of drug-likeness (QED) is 0.904. The first kappa shape index (κ1) is 17.4. The Balaban J connectivity index is 0.00000192. The van der Waals surface area contributed by atoms with Crippen molar-refractivity contribution in [1.82, 2.24) is 20.3 Å². The predicted octanol–water partition coefficient (Wildman–Crippen LogP) is 2.49. The van der Waals surface area contributed by atoms with E-state index >= 15 is 0 Å². The van der Waals surface area contributed by atoms with E-state index in [0.29, 0.717) is 11.7 Å². The van der Waals surface area contributed by atoms with E-state index in [1.54, 1.807) is 0 Å². The van der Waals surface area contributed by atoms with Crippen molar-refractivity contribution in [3.63, 3.8) is 0 Å². The van der Waals surface area contributed by atoms with E-state index in [9.17, 15) is 4.79 Å². The highest BCUT2D eigenvalue weighted by Gasteiger charge is 2.22. The minimum atomic E-state index is -0.207. The van der Waals surface area contributed by atoms with Crippen molar-refractivity contribution in [2.75, 3.05) is 18.4 Å². The van der Waals surface area contributed by atoms with Crippen LogP contribution in [0.5, 0.6) is 0 Å². The van der Waals surface area contributed by atoms with Crippen LogP contribution in [0.2, 0.25) is 0 Å². The van der Waals surface area contributed by atoms with Gasteiger partial charge in [0.15, 0.2) is 5.69 Å². The van der Waals surface area contributed by atoms with Gasteiger partial charge in [0.2, 0.25) is 0 Å². The summed E-state index contributed by atoms with van der Waals surface area (Å²) in [6.07, 6.45) is 2.03. The lowest BCUT2D eigenvalue weighted by atomic mass is 10.1. The van der Waals surface area contributed by atoms with E-state index in [2.05, 4.69) is 20.9 Å². The molecule has 1 saturated heterocycles. The summed E-state index contributed by atoms with van der Waals surface area (Å²) >= 11 is 0. The molecule has 1 aliphatic heterocycles. The maximum Gasteiger partial charge on any atom is 0.278 e. The van der Waals surface area contributed by atoms with Crippen LogP contribution in [0.15, 0.2) is 24.3 Å². The SMILES string of the molecule is Cc1ccc(NC(=O)c2nnn(C3CCNCC3)c2C)cc1.Cl. The molecule has 0 spiro atoms. The zero-order chi connectivity index (χ0) is 15.5. The molecule has 2 heterocycles. The Morgan fingerprint density at radius 2 is 1.87 bits per heavy atom. The van der Waals surface area contributed by atoms with Gasteiger partial charge in [0, 0.05) is 5.69 Å². The first-order valence-electron chi connectivity index (χ1n) is 7.65. The Kier molecular flexibility index (Phi) is 5.74. The van der Waals surface area contributed by atoms with Crippen LogP contribution in [-0.4, -0.2) is 34.0 Å². The van der Waals surface area contributed by atoms with Crippen LogP contribution in [0.3, 0.4) is 0 Å². The van der Waals surface area contributed by atoms with Crippen LogP contribution in [0.1, 0.15) is 40.6 Å². The van der Waals surface area contributed by atoms with Crippen LogP contribution in [0.25, 0.3) is 0 Å². The van der Waals surface area contributed by atoms with E-state index in [1.165, 1.54) is 0 Å². The van der Waals surface area contributed by atoms with Crippen molar-refractivity contribution in [2.45, 2.75) is 32.7 Å². The molecule has 1 aromatic carbocycles. The zero-order valence-electron chi connectivity index (χ0n) is 13.4. The molecule has 0 saturated carbocycles. The predicted molar refractivity (Wildman–Crippen MR) is 92.3 cm³/mol. The van der Waals surface area contributed by atoms with Gasteiger partial charge in [-0.1, -0.05) is 22.9 Å². The molecule has 0 radical (unpaired) electrons. The van der Waals surface area contributed by atoms with E-state index in [4.69, 9.17) is 0 Å². The normalized spacial score (nSPS) is 15.0. The van der Waals surface area contributed by atoms with Gasteiger partial charge in [0.05, 0.1) is 11.7 Å². The number of aryl methyl sites for hydroxylation is 1. The summed E-state index contributed by atoms with van der Waals surface area (Å²) in [6, 6.07) is 8.04. The lowest BCUT2D eigenvalue weighted by Gasteiger charge is -2.23. The fourth-order valence-electron chi connectivity index (χ4n) is 2.78. The fraction of sp³-hybridized carbons (Fsp3) is 0.438. The number of carbonyl (C=O) groups excluding carboxylic acids is 1. The van der Waals surface area contributed by atoms with Gasteiger partial charge in [-0.3, -0.25) is 4.79 Å². The Morgan fingerprint density at radius 3 is 2.52 bits per heavy atom. The Labute approximate surface area is 142 Å². The number of hydrogen-bond donors (Lipinski definition) is 2. The third-order valence-corrected chi connectivity index (χ3v) is 4.11. The number of benzene rings is 1. The van der Waals surface area contributed by atoms with E-state index in [1.807, 2.05) is 42.8 Å². The molecule has 1 fully saturated rings. The molecule has 0 aliphatic carbocycles. The van der Waals surface area contributed by atoms with Crippen molar-refractivity contribution in [2.24, 2.45) is 0 Å². The third-order valence-electron chi connectivity index (χ3n) is 4.11. The van der Waals surface area contributed by atoms with Crippen molar-refractivity contribution in [3.8, 4) is 0 Å². The number of nitrogens with zero attached hydrogens (tertiary/aromatic N) is 3. The lowest BCUT2D eigenvalue weighted by molar-refractivity contribution is 0.102. The maximum atomic E-state index is 12.4. The second kappa shape index (κ2) is 7.57. The smallest absolute Gasteiger partial charge is 0.278 e. The van der Waals surface area contributed by atoms with E-state index in [-0.39, 0.29) is 18.3 Å². The van der Waals surface area contributed by atoms with Gasteiger partial charge in [-0.25, -0.2) is 4.68 Å². The summed E-state index contributed by atoms with van der Waals surface area (Å²) in [5.41, 5.74) is 3.16. The highest BCUT2D eigenvalue weighted by molar-refractivity contribution is 6.03. The van der Waals surface area contributed by atoms with Gasteiger partial charge < -0.3 is 10.6 Å². The number of carbonyl (C=O) groups is 1. The molecule has 2 N–H and O–H groups in total. The maximum absolute atomic E-state index is 12.4. The van der Waals surface area contributed by atoms with E-state index in [0.717, 1.165) is 42.9 Å². The van der Waals surface area contributed by atoms with E-state index < -0.39 is 0 Å². The second-order valence-electron chi connectivity index (χ2n) is 5.77. The summed E-state index contributed by atoms with van der Waals surface area (Å²) in [7, 11) is 0. The van der Waals surface area contributed by atoms with Crippen molar-refractivity contribution < 1.29 is 4.79 Å². The summed E-state index contributed by atoms with van der Waals surface area (Å²) in [6.45, 7) is 5.89. The molecule has 1 aliphatic rings. The van der Waals surface area contributed by atoms with Crippen molar-refractivity contribution in [3.05, 3.63) is 41.2 Å². The molecule has 2 aromatic rings. The van der Waals surface area contributed by atoms with Gasteiger partial charge in [-0.05, 0) is 51.9 Å². The highest BCUT2D eigenvalue weighted by atomic mass is 35.5. The van der Waals surface area contributed by atoms with Crippen LogP contribution >= 0.6 is 12.4 Å². The average molecular weight is 336 g/mol. The molecule has 1 amide bonds. The summed E-state index contributed by atoms with van der Waals surface area (Å²) in [5, 5.41) is 14.5. The minimum Gasteiger partial charge on any atom is -0.321 e. The van der Waals surface area contributed by atoms with Gasteiger partial charge in [-0.15, -0.1) is 17.5 Å². The monoisotopic (exact) mass is 335 g/mol. The summed E-state index contributed by atoms with van der Waals surface area (Å²) < 4.78 is 1.89. The lowest BCUT2D eigenvalue weighted by Crippen LogP contribution is -2.30. The first-order chi connectivity index (χ1) is 10.6. The number of nitrogens with one attached hydrogen (secondary N) is 2. The Bertz CT molecular complexity index is 662. The molecule has 6 nitrogen and oxygen atoms in total. The van der Waals surface area contributed by atoms with Crippen LogP contribution in [0, 0.1) is 13.8 Å². The molecular formula is C16H22ClN5O. The molecule has 1 aromatic heterocycles. The number of amides is 1. The molecule has 23 heavy (non-hydrogen) atoms. The van der Waals surface area contributed by atoms with Gasteiger partial charge >= 0.3 is 0 Å². The number of rotatable bonds is 3. The molecular weight excluding hydrogens is 314 g/mol. The Hall–Kier alpha value is -1.92. The molecule has 3 rings (SSSR count). The number of piperidine rings is 1. The molecule has 124 valence electrons. The molecule has 0 bridgehead atoms. The zero-order valence-corrected chi connectivity index (χ0v) is 14.2. The number of hydrogen-bond acceptors (Lipinski definition) is 4. The van der Waals surface area contributed by atoms with Gasteiger partial charge in [-0.2, -0.15) is 0 Å². The van der Waals surface area contributed by atoms with Crippen LogP contribution < -0.4 is 10.6 Å². The summed E-state index contributed by atoms with van der Waals surface area (Å²) in [4.78, 5) is 12.4. The number of anilines is 1. The number of aromatic nitrogens is 3. The van der Waals surface area contributed by atoms with Crippen LogP contribution in [0.4, 0.5) is 5.69 Å². The van der Waals surface area contributed by atoms with Gasteiger partial charge in [0.1, 0.15) is 0 Å². The Morgan fingerprint density at radius 1 is 1.22 bits per heavy atom. The van der Waals surface area contributed by atoms with Crippen LogP contribution in [-0.2, 0) is 0 Å². The topological polar surface area (TPSA) is 71.8 Å². The highest BCUT2D eigenvalue weighted by Crippen LogP contribution is 2.20. The van der Waals surface area contributed by atoms with Crippen molar-refractivity contribution in [1.29, 1.82) is 0 Å². The second-order valence-corrected chi connectivity index (χ2v) is 5.77. The largest absolute Gasteiger partial charge is 0.321 e. The van der Waals surface area contributed by atoms with Gasteiger partial charge in [0.25, 0.3) is 5.91 Å². The standard InChI is InChI=1S/C16H21N5O.ClH/c1-11-3-5-13(6-4-11)18-16(22)15-12(2)21(20-19-15)14-7-9-17-10-8-14;/h3-6,14,17H,7-10H2,1-2H3,(H,18,22);1H.